The van der Waals surface area contributed by atoms with Crippen LogP contribution in [-0.4, -0.2) is 24.5 Å². The molecule has 0 aliphatic heterocycles. The van der Waals surface area contributed by atoms with Crippen LogP contribution in [0.5, 0.6) is 0 Å². The zero-order chi connectivity index (χ0) is 22.5. The summed E-state index contributed by atoms with van der Waals surface area (Å²) in [4.78, 5) is 25.9. The summed E-state index contributed by atoms with van der Waals surface area (Å²) in [6.07, 6.45) is 0. The Kier molecular flexibility index (Phi) is 6.65. The summed E-state index contributed by atoms with van der Waals surface area (Å²) >= 11 is 0. The molecular formula is C23H21N2NaO5S. The van der Waals surface area contributed by atoms with Crippen molar-refractivity contribution < 1.29 is 53.5 Å². The molecule has 7 nitrogen and oxygen atoms in total. The van der Waals surface area contributed by atoms with Gasteiger partial charge in [0.05, 0.1) is 22.5 Å². The molecule has 0 amide bonds. The molecule has 0 radical (unpaired) electrons. The first-order valence-electron chi connectivity index (χ1n) is 9.59. The minimum Gasteiger partial charge on any atom is -1.00 e. The number of nitrogens with two attached hydrogens (primary N) is 1. The molecule has 0 atom stereocenters. The number of nitrogens with one attached hydrogen (secondary N) is 1. The number of fused-ring (bicyclic) bond motifs is 2. The summed E-state index contributed by atoms with van der Waals surface area (Å²) in [6.45, 7) is 3.99. The Hall–Kier alpha value is -2.49. The quantitative estimate of drug-likeness (QED) is 0.238. The molecule has 0 unspecified atom stereocenters. The molecule has 3 aromatic carbocycles. The average Bonchev–Trinajstić information content (AvgIpc) is 2.72. The van der Waals surface area contributed by atoms with E-state index in [-0.39, 0.29) is 64.8 Å². The first-order chi connectivity index (χ1) is 14.6. The molecule has 1 aliphatic carbocycles. The van der Waals surface area contributed by atoms with Gasteiger partial charge in [-0.15, -0.1) is 0 Å². The van der Waals surface area contributed by atoms with Gasteiger partial charge in [0.1, 0.15) is 4.90 Å². The molecule has 0 aromatic heterocycles. The van der Waals surface area contributed by atoms with Crippen LogP contribution in [0, 0.1) is 0 Å². The van der Waals surface area contributed by atoms with Gasteiger partial charge in [0.15, 0.2) is 11.6 Å². The first-order valence-corrected chi connectivity index (χ1v) is 11.0. The number of anilines is 3. The van der Waals surface area contributed by atoms with Gasteiger partial charge < -0.3 is 12.5 Å². The number of rotatable bonds is 4. The van der Waals surface area contributed by atoms with Gasteiger partial charge in [-0.05, 0) is 23.6 Å². The second-order valence-corrected chi connectivity index (χ2v) is 9.02. The number of nitrogen functional groups attached to an aromatic ring is 1. The molecule has 32 heavy (non-hydrogen) atoms. The van der Waals surface area contributed by atoms with E-state index < -0.39 is 32.3 Å². The van der Waals surface area contributed by atoms with Crippen LogP contribution in [0.15, 0.2) is 59.5 Å². The molecule has 4 N–H and O–H groups in total. The van der Waals surface area contributed by atoms with Crippen molar-refractivity contribution in [2.24, 2.45) is 0 Å². The first kappa shape index (κ1) is 24.2. The number of para-hydroxylation sites is 1. The summed E-state index contributed by atoms with van der Waals surface area (Å²) in [6, 6.07) is 14.7. The van der Waals surface area contributed by atoms with Gasteiger partial charge in [0, 0.05) is 16.8 Å². The third-order valence-electron chi connectivity index (χ3n) is 5.33. The second kappa shape index (κ2) is 8.80. The van der Waals surface area contributed by atoms with E-state index in [9.17, 15) is 22.6 Å². The van der Waals surface area contributed by atoms with Crippen LogP contribution in [0.3, 0.4) is 0 Å². The van der Waals surface area contributed by atoms with E-state index in [2.05, 4.69) is 5.32 Å². The molecule has 160 valence electrons. The summed E-state index contributed by atoms with van der Waals surface area (Å²) in [7, 11) is -4.76. The standard InChI is InChI=1S/C23H20N2O5S.Na.H/c1-12(2)13-7-5-6-10-16(13)25-17-11-18(31(28,29)30)21(24)20-19(17)22(26)14-8-3-4-9-15(14)23(20)27;;/h3-12,25H,24H2,1-2H3,(H,28,29,30);;/q;+1;-1. The molecule has 4 rings (SSSR count). The molecule has 0 fully saturated rings. The minimum atomic E-state index is -4.76. The van der Waals surface area contributed by atoms with E-state index in [0.29, 0.717) is 5.69 Å². The molecule has 0 saturated carbocycles. The molecule has 0 bridgehead atoms. The largest absolute Gasteiger partial charge is 1.00 e. The molecular weight excluding hydrogens is 439 g/mol. The van der Waals surface area contributed by atoms with Gasteiger partial charge in [-0.25, -0.2) is 0 Å². The van der Waals surface area contributed by atoms with Crippen molar-refractivity contribution in [3.8, 4) is 0 Å². The van der Waals surface area contributed by atoms with Crippen LogP contribution in [0.4, 0.5) is 17.1 Å². The number of carbonyl (C=O) groups excluding carboxylic acids is 2. The van der Waals surface area contributed by atoms with Crippen LogP contribution in [0.2, 0.25) is 0 Å². The van der Waals surface area contributed by atoms with Crippen LogP contribution in [-0.2, 0) is 10.1 Å². The van der Waals surface area contributed by atoms with Crippen molar-refractivity contribution in [1.82, 2.24) is 0 Å². The van der Waals surface area contributed by atoms with Crippen molar-refractivity contribution in [3.05, 3.63) is 82.4 Å². The van der Waals surface area contributed by atoms with E-state index in [1.807, 2.05) is 26.0 Å². The smallest absolute Gasteiger partial charge is 1.00 e. The predicted octanol–water partition coefficient (Wildman–Crippen LogP) is 1.27. The average molecular weight is 460 g/mol. The van der Waals surface area contributed by atoms with E-state index in [0.717, 1.165) is 11.6 Å². The molecule has 0 saturated heterocycles. The predicted molar refractivity (Wildman–Crippen MR) is 119 cm³/mol. The molecule has 0 spiro atoms. The van der Waals surface area contributed by atoms with Gasteiger partial charge in [0.25, 0.3) is 10.1 Å². The zero-order valence-corrected chi connectivity index (χ0v) is 20.7. The van der Waals surface area contributed by atoms with Crippen LogP contribution in [0.1, 0.15) is 58.6 Å². The fourth-order valence-electron chi connectivity index (χ4n) is 3.87. The summed E-state index contributed by atoms with van der Waals surface area (Å²) in [5.41, 5.74) is 7.29. The fourth-order valence-corrected chi connectivity index (χ4v) is 4.51. The van der Waals surface area contributed by atoms with E-state index in [4.69, 9.17) is 5.73 Å². The maximum Gasteiger partial charge on any atom is 1.00 e. The van der Waals surface area contributed by atoms with Gasteiger partial charge in [-0.3, -0.25) is 14.1 Å². The topological polar surface area (TPSA) is 127 Å². The van der Waals surface area contributed by atoms with Crippen LogP contribution < -0.4 is 40.6 Å². The maximum absolute atomic E-state index is 13.3. The Morgan fingerprint density at radius 2 is 1.44 bits per heavy atom. The molecule has 0 heterocycles. The Morgan fingerprint density at radius 1 is 0.906 bits per heavy atom. The van der Waals surface area contributed by atoms with Crippen LogP contribution >= 0.6 is 0 Å². The minimum absolute atomic E-state index is 0. The van der Waals surface area contributed by atoms with Crippen molar-refractivity contribution in [1.29, 1.82) is 0 Å². The van der Waals surface area contributed by atoms with E-state index in [1.54, 1.807) is 24.3 Å². The number of ketones is 2. The zero-order valence-electron chi connectivity index (χ0n) is 18.8. The third-order valence-corrected chi connectivity index (χ3v) is 6.22. The van der Waals surface area contributed by atoms with Crippen molar-refractivity contribution in [3.63, 3.8) is 0 Å². The van der Waals surface area contributed by atoms with Gasteiger partial charge >= 0.3 is 29.6 Å². The van der Waals surface area contributed by atoms with Crippen molar-refractivity contribution in [2.45, 2.75) is 24.7 Å². The second-order valence-electron chi connectivity index (χ2n) is 7.63. The number of hydrogen-bond acceptors (Lipinski definition) is 6. The van der Waals surface area contributed by atoms with E-state index in [1.165, 1.54) is 12.1 Å². The Labute approximate surface area is 209 Å². The monoisotopic (exact) mass is 460 g/mol. The molecule has 9 heteroatoms. The fraction of sp³-hybridized carbons (Fsp3) is 0.130. The normalized spacial score (nSPS) is 12.8. The summed E-state index contributed by atoms with van der Waals surface area (Å²) < 4.78 is 33.7. The third kappa shape index (κ3) is 4.00. The van der Waals surface area contributed by atoms with Gasteiger partial charge in [-0.1, -0.05) is 56.3 Å². The van der Waals surface area contributed by atoms with Gasteiger partial charge in [-0.2, -0.15) is 8.42 Å². The van der Waals surface area contributed by atoms with E-state index >= 15 is 0 Å². The van der Waals surface area contributed by atoms with Crippen molar-refractivity contribution >= 4 is 38.7 Å². The summed E-state index contributed by atoms with van der Waals surface area (Å²) in [5.74, 6) is -0.899. The molecule has 1 aliphatic rings. The molecule has 3 aromatic rings. The Morgan fingerprint density at radius 3 is 2.00 bits per heavy atom. The Balaban J connectivity index is 0.00000193. The Bertz CT molecular complexity index is 1370. The van der Waals surface area contributed by atoms with Gasteiger partial charge in [0.2, 0.25) is 0 Å². The van der Waals surface area contributed by atoms with Crippen LogP contribution in [0.25, 0.3) is 0 Å². The number of hydrogen-bond donors (Lipinski definition) is 3. The SMILES string of the molecule is CC(C)c1ccccc1Nc1cc(S(=O)(=O)O)c(N)c2c1C(=O)c1ccccc1C2=O.[H-].[Na+]. The summed E-state index contributed by atoms with van der Waals surface area (Å²) in [5, 5.41) is 3.10. The van der Waals surface area contributed by atoms with Crippen molar-refractivity contribution in [2.75, 3.05) is 11.1 Å². The number of benzene rings is 3. The maximum atomic E-state index is 13.3. The number of carbonyl (C=O) groups is 2.